The molecule has 0 saturated heterocycles. The molecule has 0 spiro atoms. The molecule has 0 aliphatic heterocycles. The average Bonchev–Trinajstić information content (AvgIpc) is 2.94. The van der Waals surface area contributed by atoms with Gasteiger partial charge < -0.3 is 11.2 Å². The van der Waals surface area contributed by atoms with Gasteiger partial charge in [-0.3, -0.25) is 4.79 Å². The topological polar surface area (TPSA) is 85.8 Å². The maximum atomic E-state index is 12.1. The summed E-state index contributed by atoms with van der Waals surface area (Å²) in [5.41, 5.74) is 3.86. The van der Waals surface area contributed by atoms with Gasteiger partial charge in [0.2, 0.25) is 11.1 Å². The summed E-state index contributed by atoms with van der Waals surface area (Å²) in [4.78, 5) is 12.1. The first-order chi connectivity index (χ1) is 12.0. The Morgan fingerprint density at radius 3 is 2.72 bits per heavy atom. The van der Waals surface area contributed by atoms with Crippen molar-refractivity contribution < 1.29 is 4.79 Å². The molecule has 1 aromatic heterocycles. The summed E-state index contributed by atoms with van der Waals surface area (Å²) in [6.45, 7) is 3.97. The van der Waals surface area contributed by atoms with Crippen LogP contribution in [0.15, 0.2) is 53.7 Å². The summed E-state index contributed by atoms with van der Waals surface area (Å²) in [6.07, 6.45) is 0. The van der Waals surface area contributed by atoms with Gasteiger partial charge >= 0.3 is 0 Å². The second-order valence-electron chi connectivity index (χ2n) is 5.70. The second-order valence-corrected chi connectivity index (χ2v) is 6.64. The van der Waals surface area contributed by atoms with Gasteiger partial charge in [0.15, 0.2) is 5.82 Å². The van der Waals surface area contributed by atoms with Gasteiger partial charge in [0.05, 0.1) is 5.75 Å². The van der Waals surface area contributed by atoms with E-state index in [0.29, 0.717) is 11.0 Å². The third-order valence-electron chi connectivity index (χ3n) is 3.68. The van der Waals surface area contributed by atoms with Crippen molar-refractivity contribution in [1.29, 1.82) is 0 Å². The van der Waals surface area contributed by atoms with Gasteiger partial charge in [-0.15, -0.1) is 10.2 Å². The second kappa shape index (κ2) is 7.40. The van der Waals surface area contributed by atoms with Crippen molar-refractivity contribution in [3.05, 3.63) is 59.7 Å². The molecule has 0 atom stereocenters. The van der Waals surface area contributed by atoms with E-state index >= 15 is 0 Å². The number of carbonyl (C=O) groups excluding carboxylic acids is 1. The zero-order valence-corrected chi connectivity index (χ0v) is 14.9. The summed E-state index contributed by atoms with van der Waals surface area (Å²) < 4.78 is 1.42. The van der Waals surface area contributed by atoms with Crippen molar-refractivity contribution in [3.63, 3.8) is 0 Å². The Morgan fingerprint density at radius 2 is 1.96 bits per heavy atom. The maximum absolute atomic E-state index is 12.1. The number of carbonyl (C=O) groups is 1. The van der Waals surface area contributed by atoms with Crippen LogP contribution in [0.1, 0.15) is 11.1 Å². The molecular weight excluding hydrogens is 334 g/mol. The number of aryl methyl sites for hydroxylation is 2. The predicted molar refractivity (Wildman–Crippen MR) is 101 cm³/mol. The third-order valence-corrected chi connectivity index (χ3v) is 4.63. The molecule has 6 nitrogen and oxygen atoms in total. The zero-order valence-electron chi connectivity index (χ0n) is 14.1. The first-order valence-electron chi connectivity index (χ1n) is 7.80. The molecule has 7 heteroatoms. The molecule has 0 radical (unpaired) electrons. The van der Waals surface area contributed by atoms with Gasteiger partial charge in [-0.05, 0) is 37.1 Å². The van der Waals surface area contributed by atoms with Crippen molar-refractivity contribution in [2.75, 3.05) is 16.9 Å². The van der Waals surface area contributed by atoms with Crippen LogP contribution in [0.25, 0.3) is 11.4 Å². The minimum atomic E-state index is -0.115. The van der Waals surface area contributed by atoms with E-state index in [2.05, 4.69) is 15.5 Å². The molecule has 3 N–H and O–H groups in total. The quantitative estimate of drug-likeness (QED) is 0.544. The Bertz CT molecular complexity index is 906. The molecule has 0 bridgehead atoms. The minimum absolute atomic E-state index is 0.115. The minimum Gasteiger partial charge on any atom is -0.335 e. The molecule has 0 aliphatic carbocycles. The molecule has 0 unspecified atom stereocenters. The highest BCUT2D eigenvalue weighted by Gasteiger charge is 2.15. The van der Waals surface area contributed by atoms with Gasteiger partial charge in [-0.25, -0.2) is 4.68 Å². The van der Waals surface area contributed by atoms with Crippen molar-refractivity contribution >= 4 is 23.4 Å². The van der Waals surface area contributed by atoms with Crippen LogP contribution in [0.2, 0.25) is 0 Å². The van der Waals surface area contributed by atoms with Crippen LogP contribution >= 0.6 is 11.8 Å². The number of nitrogens with two attached hydrogens (primary N) is 1. The van der Waals surface area contributed by atoms with Crippen LogP contribution < -0.4 is 11.2 Å². The van der Waals surface area contributed by atoms with Gasteiger partial charge in [0, 0.05) is 11.3 Å². The largest absolute Gasteiger partial charge is 0.335 e. The van der Waals surface area contributed by atoms with Gasteiger partial charge in [-0.2, -0.15) is 0 Å². The van der Waals surface area contributed by atoms with E-state index in [1.54, 1.807) is 0 Å². The third kappa shape index (κ3) is 4.00. The normalized spacial score (nSPS) is 10.6. The lowest BCUT2D eigenvalue weighted by atomic mass is 10.1. The number of nitrogens with one attached hydrogen (secondary N) is 1. The number of rotatable bonds is 5. The van der Waals surface area contributed by atoms with Crippen LogP contribution in [0.3, 0.4) is 0 Å². The van der Waals surface area contributed by atoms with Gasteiger partial charge in [0.25, 0.3) is 0 Å². The molecule has 1 amide bonds. The molecule has 25 heavy (non-hydrogen) atoms. The SMILES string of the molecule is Cc1cccc(NC(=O)CSc2nnc(-c3ccccc3C)n2N)c1. The fourth-order valence-corrected chi connectivity index (χ4v) is 3.09. The van der Waals surface area contributed by atoms with E-state index in [4.69, 9.17) is 5.84 Å². The highest BCUT2D eigenvalue weighted by molar-refractivity contribution is 7.99. The summed E-state index contributed by atoms with van der Waals surface area (Å²) >= 11 is 1.25. The molecular formula is C18H19N5OS. The lowest BCUT2D eigenvalue weighted by Crippen LogP contribution is -2.16. The molecule has 128 valence electrons. The van der Waals surface area contributed by atoms with Crippen LogP contribution in [0, 0.1) is 13.8 Å². The van der Waals surface area contributed by atoms with Crippen LogP contribution in [0.4, 0.5) is 5.69 Å². The Morgan fingerprint density at radius 1 is 1.16 bits per heavy atom. The number of benzene rings is 2. The lowest BCUT2D eigenvalue weighted by molar-refractivity contribution is -0.113. The maximum Gasteiger partial charge on any atom is 0.234 e. The fraction of sp³-hybridized carbons (Fsp3) is 0.167. The van der Waals surface area contributed by atoms with Crippen molar-refractivity contribution in [2.45, 2.75) is 19.0 Å². The number of anilines is 1. The van der Waals surface area contributed by atoms with Crippen LogP contribution in [0.5, 0.6) is 0 Å². The van der Waals surface area contributed by atoms with E-state index < -0.39 is 0 Å². The van der Waals surface area contributed by atoms with Crippen molar-refractivity contribution in [2.24, 2.45) is 0 Å². The lowest BCUT2D eigenvalue weighted by Gasteiger charge is -2.07. The number of thioether (sulfide) groups is 1. The van der Waals surface area contributed by atoms with Crippen LogP contribution in [-0.2, 0) is 4.79 Å². The summed E-state index contributed by atoms with van der Waals surface area (Å²) in [7, 11) is 0. The van der Waals surface area contributed by atoms with E-state index in [-0.39, 0.29) is 11.7 Å². The Kier molecular flexibility index (Phi) is 5.04. The number of aromatic nitrogens is 3. The Hall–Kier alpha value is -2.80. The van der Waals surface area contributed by atoms with Gasteiger partial charge in [0.1, 0.15) is 0 Å². The van der Waals surface area contributed by atoms with Crippen molar-refractivity contribution in [3.8, 4) is 11.4 Å². The zero-order chi connectivity index (χ0) is 17.8. The average molecular weight is 353 g/mol. The van der Waals surface area contributed by atoms with Crippen molar-refractivity contribution in [1.82, 2.24) is 14.9 Å². The summed E-state index contributed by atoms with van der Waals surface area (Å²) in [5.74, 6) is 6.78. The first-order valence-corrected chi connectivity index (χ1v) is 8.79. The number of nitrogens with zero attached hydrogens (tertiary/aromatic N) is 3. The summed E-state index contributed by atoms with van der Waals surface area (Å²) in [6, 6.07) is 15.5. The monoisotopic (exact) mass is 353 g/mol. The standard InChI is InChI=1S/C18H19N5OS/c1-12-6-5-8-14(10-12)20-16(24)11-25-18-22-21-17(23(18)19)15-9-4-3-7-13(15)2/h3-10H,11,19H2,1-2H3,(H,20,24). The van der Waals surface area contributed by atoms with E-state index in [1.807, 2.05) is 62.4 Å². The molecule has 3 rings (SSSR count). The number of hydrogen-bond acceptors (Lipinski definition) is 5. The number of amides is 1. The highest BCUT2D eigenvalue weighted by Crippen LogP contribution is 2.24. The van der Waals surface area contributed by atoms with Gasteiger partial charge in [-0.1, -0.05) is 48.2 Å². The number of nitrogen functional groups attached to an aromatic ring is 1. The molecule has 1 heterocycles. The molecule has 0 fully saturated rings. The van der Waals surface area contributed by atoms with E-state index in [0.717, 1.165) is 22.4 Å². The first kappa shape index (κ1) is 17.0. The Labute approximate surface area is 150 Å². The molecule has 0 aliphatic rings. The Balaban J connectivity index is 1.66. The predicted octanol–water partition coefficient (Wildman–Crippen LogP) is 3.01. The van der Waals surface area contributed by atoms with Crippen LogP contribution in [-0.4, -0.2) is 26.5 Å². The van der Waals surface area contributed by atoms with E-state index in [9.17, 15) is 4.79 Å². The summed E-state index contributed by atoms with van der Waals surface area (Å²) in [5, 5.41) is 11.6. The van der Waals surface area contributed by atoms with E-state index in [1.165, 1.54) is 16.4 Å². The molecule has 3 aromatic rings. The molecule has 2 aromatic carbocycles. The smallest absolute Gasteiger partial charge is 0.234 e. The highest BCUT2D eigenvalue weighted by atomic mass is 32.2. The molecule has 0 saturated carbocycles. The fourth-order valence-electron chi connectivity index (χ4n) is 2.43. The number of hydrogen-bond donors (Lipinski definition) is 2.